The zero-order valence-corrected chi connectivity index (χ0v) is 15.3. The summed E-state index contributed by atoms with van der Waals surface area (Å²) in [6.07, 6.45) is 0. The maximum atomic E-state index is 12.3. The highest BCUT2D eigenvalue weighted by Crippen LogP contribution is 2.35. The highest BCUT2D eigenvalue weighted by atomic mass is 16.3. The van der Waals surface area contributed by atoms with Gasteiger partial charge in [-0.05, 0) is 25.0 Å². The number of benzene rings is 1. The number of carbonyl (C=O) groups is 2. The van der Waals surface area contributed by atoms with Crippen LogP contribution >= 0.6 is 0 Å². The molecule has 0 amide bonds. The van der Waals surface area contributed by atoms with E-state index < -0.39 is 12.1 Å². The van der Waals surface area contributed by atoms with E-state index in [0.717, 1.165) is 9.13 Å². The molecule has 2 unspecified atom stereocenters. The van der Waals surface area contributed by atoms with Gasteiger partial charge >= 0.3 is 0 Å². The van der Waals surface area contributed by atoms with Crippen LogP contribution in [0.3, 0.4) is 0 Å². The molecular formula is C20H20N2O6. The van der Waals surface area contributed by atoms with Crippen molar-refractivity contribution >= 4 is 11.6 Å². The number of aromatic nitrogens is 2. The van der Waals surface area contributed by atoms with E-state index in [2.05, 4.69) is 0 Å². The quantitative estimate of drug-likeness (QED) is 0.517. The molecule has 0 aliphatic rings. The third-order valence-electron chi connectivity index (χ3n) is 4.58. The van der Waals surface area contributed by atoms with E-state index in [0.29, 0.717) is 11.1 Å². The monoisotopic (exact) mass is 384 g/mol. The molecule has 3 aromatic rings. The van der Waals surface area contributed by atoms with Gasteiger partial charge in [0.1, 0.15) is 12.1 Å². The zero-order valence-electron chi connectivity index (χ0n) is 15.3. The lowest BCUT2D eigenvalue weighted by atomic mass is 9.96. The topological polar surface area (TPSA) is 125 Å². The van der Waals surface area contributed by atoms with Gasteiger partial charge in [0.25, 0.3) is 0 Å². The molecule has 2 aromatic heterocycles. The predicted molar refractivity (Wildman–Crippen MR) is 99.6 cm³/mol. The molecule has 0 aliphatic heterocycles. The molecule has 3 rings (SSSR count). The van der Waals surface area contributed by atoms with Crippen molar-refractivity contribution in [2.75, 3.05) is 0 Å². The summed E-state index contributed by atoms with van der Waals surface area (Å²) in [5.41, 5.74) is 0.841. The lowest BCUT2D eigenvalue weighted by Crippen LogP contribution is -2.20. The Kier molecular flexibility index (Phi) is 4.87. The highest BCUT2D eigenvalue weighted by molar-refractivity contribution is 5.85. The van der Waals surface area contributed by atoms with Crippen LogP contribution in [0.4, 0.5) is 0 Å². The lowest BCUT2D eigenvalue weighted by molar-refractivity contribution is -0.119. The summed E-state index contributed by atoms with van der Waals surface area (Å²) in [5.74, 6) is -1.83. The molecular weight excluding hydrogens is 364 g/mol. The molecule has 2 atom stereocenters. The second-order valence-corrected chi connectivity index (χ2v) is 6.54. The molecule has 0 bridgehead atoms. The summed E-state index contributed by atoms with van der Waals surface area (Å²) in [7, 11) is 0. The third kappa shape index (κ3) is 3.20. The summed E-state index contributed by atoms with van der Waals surface area (Å²) in [6.45, 7) is 2.64. The minimum absolute atomic E-state index is 0.285. The maximum absolute atomic E-state index is 12.3. The Morgan fingerprint density at radius 1 is 0.679 bits per heavy atom. The molecule has 0 saturated carbocycles. The molecule has 4 N–H and O–H groups in total. The number of hydrogen-bond donors (Lipinski definition) is 4. The van der Waals surface area contributed by atoms with Gasteiger partial charge in [-0.15, -0.1) is 0 Å². The summed E-state index contributed by atoms with van der Waals surface area (Å²) in [5, 5.41) is 40.1. The lowest BCUT2D eigenvalue weighted by Gasteiger charge is -2.22. The average Bonchev–Trinajstić information content (AvgIpc) is 3.12. The standard InChI is InChI=1S/C20H20N2O6/c1-11(23)19(21-15(25)6-7-16(21)26)13-4-3-5-14(10-13)20(12(2)24)22-17(27)8-9-18(22)28/h3-10,19-20,25-28H,1-2H3. The number of carbonyl (C=O) groups excluding carboxylic acids is 2. The smallest absolute Gasteiger partial charge is 0.194 e. The van der Waals surface area contributed by atoms with Crippen molar-refractivity contribution in [3.63, 3.8) is 0 Å². The van der Waals surface area contributed by atoms with Crippen LogP contribution < -0.4 is 0 Å². The maximum Gasteiger partial charge on any atom is 0.194 e. The first kappa shape index (κ1) is 19.1. The van der Waals surface area contributed by atoms with E-state index in [1.54, 1.807) is 24.3 Å². The van der Waals surface area contributed by atoms with Crippen molar-refractivity contribution in [3.8, 4) is 23.5 Å². The molecule has 0 saturated heterocycles. The van der Waals surface area contributed by atoms with Gasteiger partial charge in [0, 0.05) is 24.3 Å². The Labute approximate surface area is 160 Å². The predicted octanol–water partition coefficient (Wildman–Crippen LogP) is 2.47. The van der Waals surface area contributed by atoms with Crippen LogP contribution in [-0.4, -0.2) is 41.1 Å². The van der Waals surface area contributed by atoms with Crippen LogP contribution in [0.1, 0.15) is 37.1 Å². The average molecular weight is 384 g/mol. The SMILES string of the molecule is CC(=O)C(c1cccc(C(C(C)=O)n2c(O)ccc2O)c1)n1c(O)ccc1O. The minimum Gasteiger partial charge on any atom is -0.494 e. The molecule has 0 spiro atoms. The van der Waals surface area contributed by atoms with Crippen LogP contribution in [0.25, 0.3) is 0 Å². The fourth-order valence-corrected chi connectivity index (χ4v) is 3.41. The Bertz CT molecular complexity index is 930. The van der Waals surface area contributed by atoms with Crippen molar-refractivity contribution in [1.82, 2.24) is 9.13 Å². The van der Waals surface area contributed by atoms with E-state index >= 15 is 0 Å². The molecule has 8 nitrogen and oxygen atoms in total. The van der Waals surface area contributed by atoms with Gasteiger partial charge in [0.05, 0.1) is 0 Å². The Hall–Kier alpha value is -3.68. The van der Waals surface area contributed by atoms with Crippen molar-refractivity contribution in [2.45, 2.75) is 25.9 Å². The number of rotatable bonds is 6. The molecule has 0 fully saturated rings. The van der Waals surface area contributed by atoms with Crippen molar-refractivity contribution in [2.24, 2.45) is 0 Å². The number of hydrogen-bond acceptors (Lipinski definition) is 6. The van der Waals surface area contributed by atoms with Gasteiger partial charge in [-0.25, -0.2) is 0 Å². The molecule has 0 radical (unpaired) electrons. The fraction of sp³-hybridized carbons (Fsp3) is 0.200. The van der Waals surface area contributed by atoms with Crippen LogP contribution in [0.15, 0.2) is 48.5 Å². The number of Topliss-reactive ketones (excluding diaryl/α,β-unsaturated/α-hetero) is 2. The summed E-state index contributed by atoms with van der Waals surface area (Å²) in [6, 6.07) is 9.47. The van der Waals surface area contributed by atoms with Gasteiger partial charge in [0.2, 0.25) is 0 Å². The van der Waals surface area contributed by atoms with Crippen molar-refractivity contribution < 1.29 is 30.0 Å². The Morgan fingerprint density at radius 3 is 1.29 bits per heavy atom. The van der Waals surface area contributed by atoms with E-state index in [1.807, 2.05) is 0 Å². The number of ketones is 2. The normalized spacial score (nSPS) is 13.2. The molecule has 28 heavy (non-hydrogen) atoms. The van der Waals surface area contributed by atoms with Crippen LogP contribution in [0, 0.1) is 0 Å². The Balaban J connectivity index is 2.15. The second kappa shape index (κ2) is 7.15. The van der Waals surface area contributed by atoms with Gasteiger partial charge in [-0.3, -0.25) is 18.7 Å². The van der Waals surface area contributed by atoms with E-state index in [4.69, 9.17) is 0 Å². The summed E-state index contributed by atoms with van der Waals surface area (Å²) < 4.78 is 2.16. The second-order valence-electron chi connectivity index (χ2n) is 6.54. The molecule has 146 valence electrons. The zero-order chi connectivity index (χ0) is 20.6. The van der Waals surface area contributed by atoms with Gasteiger partial charge < -0.3 is 20.4 Å². The largest absolute Gasteiger partial charge is 0.494 e. The van der Waals surface area contributed by atoms with Gasteiger partial charge in [-0.1, -0.05) is 24.3 Å². The fourth-order valence-electron chi connectivity index (χ4n) is 3.41. The Morgan fingerprint density at radius 2 is 1.00 bits per heavy atom. The van der Waals surface area contributed by atoms with Crippen molar-refractivity contribution in [1.29, 1.82) is 0 Å². The first-order valence-electron chi connectivity index (χ1n) is 8.51. The van der Waals surface area contributed by atoms with E-state index in [9.17, 15) is 30.0 Å². The van der Waals surface area contributed by atoms with E-state index in [-0.39, 0.29) is 35.1 Å². The van der Waals surface area contributed by atoms with Gasteiger partial charge in [0.15, 0.2) is 35.1 Å². The molecule has 8 heteroatoms. The van der Waals surface area contributed by atoms with Gasteiger partial charge in [-0.2, -0.15) is 0 Å². The first-order valence-corrected chi connectivity index (χ1v) is 8.51. The molecule has 2 heterocycles. The highest BCUT2D eigenvalue weighted by Gasteiger charge is 2.28. The molecule has 0 aliphatic carbocycles. The molecule has 1 aromatic carbocycles. The first-order chi connectivity index (χ1) is 13.2. The van der Waals surface area contributed by atoms with E-state index in [1.165, 1.54) is 38.1 Å². The van der Waals surface area contributed by atoms with Crippen molar-refractivity contribution in [3.05, 3.63) is 59.7 Å². The minimum atomic E-state index is -1.02. The number of nitrogens with zero attached hydrogens (tertiary/aromatic N) is 2. The number of aromatic hydroxyl groups is 4. The van der Waals surface area contributed by atoms with Crippen LogP contribution in [-0.2, 0) is 9.59 Å². The third-order valence-corrected chi connectivity index (χ3v) is 4.58. The van der Waals surface area contributed by atoms with Crippen LogP contribution in [0.2, 0.25) is 0 Å². The van der Waals surface area contributed by atoms with Crippen LogP contribution in [0.5, 0.6) is 23.5 Å². The summed E-state index contributed by atoms with van der Waals surface area (Å²) >= 11 is 0. The summed E-state index contributed by atoms with van der Waals surface area (Å²) in [4.78, 5) is 24.6.